The molecule has 1 aliphatic heterocycles. The van der Waals surface area contributed by atoms with Gasteiger partial charge in [-0.1, -0.05) is 6.92 Å². The average Bonchev–Trinajstić information content (AvgIpc) is 2.79. The monoisotopic (exact) mass is 510 g/mol. The molecule has 0 spiro atoms. The van der Waals surface area contributed by atoms with Crippen LogP contribution in [0.25, 0.3) is 0 Å². The average molecular weight is 511 g/mol. The Morgan fingerprint density at radius 3 is 2.47 bits per heavy atom. The van der Waals surface area contributed by atoms with Gasteiger partial charge in [0.1, 0.15) is 11.7 Å². The summed E-state index contributed by atoms with van der Waals surface area (Å²) in [6.45, 7) is 11.9. The number of nitrogens with one attached hydrogen (secondary N) is 3. The van der Waals surface area contributed by atoms with Gasteiger partial charge in [0.2, 0.25) is 5.91 Å². The highest BCUT2D eigenvalue weighted by molar-refractivity contribution is 7.99. The molecular formula is C26H38N8OS. The highest BCUT2D eigenvalue weighted by atomic mass is 32.2. The molecule has 1 saturated heterocycles. The first-order valence-electron chi connectivity index (χ1n) is 12.4. The van der Waals surface area contributed by atoms with Crippen molar-refractivity contribution in [2.75, 3.05) is 23.3 Å². The molecule has 1 aromatic heterocycles. The molecule has 0 bridgehead atoms. The van der Waals surface area contributed by atoms with E-state index in [0.29, 0.717) is 41.4 Å². The van der Waals surface area contributed by atoms with E-state index in [1.165, 1.54) is 11.8 Å². The summed E-state index contributed by atoms with van der Waals surface area (Å²) in [6.07, 6.45) is 2.80. The number of anilines is 2. The van der Waals surface area contributed by atoms with Crippen molar-refractivity contribution in [1.29, 1.82) is 5.41 Å². The maximum atomic E-state index is 11.6. The number of nitrogens with two attached hydrogens (primary N) is 1. The molecule has 0 aliphatic carbocycles. The van der Waals surface area contributed by atoms with E-state index in [9.17, 15) is 4.79 Å². The van der Waals surface area contributed by atoms with Crippen LogP contribution in [-0.2, 0) is 4.79 Å². The third-order valence-corrected chi connectivity index (χ3v) is 6.38. The largest absolute Gasteiger partial charge is 0.387 e. The van der Waals surface area contributed by atoms with Crippen molar-refractivity contribution in [3.8, 4) is 0 Å². The van der Waals surface area contributed by atoms with Gasteiger partial charge in [0, 0.05) is 59.9 Å². The number of nitrogens with zero attached hydrogens (tertiary/aromatic N) is 4. The van der Waals surface area contributed by atoms with Crippen LogP contribution in [0.4, 0.5) is 17.3 Å². The predicted molar refractivity (Wildman–Crippen MR) is 149 cm³/mol. The van der Waals surface area contributed by atoms with Crippen molar-refractivity contribution < 1.29 is 4.79 Å². The number of hydrogen-bond acceptors (Lipinski definition) is 8. The molecule has 1 amide bonds. The van der Waals surface area contributed by atoms with E-state index >= 15 is 0 Å². The molecule has 1 aromatic carbocycles. The van der Waals surface area contributed by atoms with Gasteiger partial charge in [0.25, 0.3) is 0 Å². The van der Waals surface area contributed by atoms with Crippen LogP contribution in [0.5, 0.6) is 0 Å². The molecule has 2 aromatic rings. The van der Waals surface area contributed by atoms with E-state index in [2.05, 4.69) is 46.3 Å². The Kier molecular flexibility index (Phi) is 9.44. The molecule has 2 heterocycles. The third-order valence-electron chi connectivity index (χ3n) is 5.51. The number of rotatable bonds is 9. The van der Waals surface area contributed by atoms with Gasteiger partial charge in [-0.15, -0.1) is 0 Å². The van der Waals surface area contributed by atoms with Crippen LogP contribution in [0, 0.1) is 5.41 Å². The molecule has 0 unspecified atom stereocenters. The smallest absolute Gasteiger partial charge is 0.224 e. The number of aromatic nitrogens is 2. The quantitative estimate of drug-likeness (QED) is 0.217. The summed E-state index contributed by atoms with van der Waals surface area (Å²) in [5.74, 6) is 1.65. The van der Waals surface area contributed by atoms with Gasteiger partial charge in [-0.05, 0) is 76.6 Å². The first-order valence-corrected chi connectivity index (χ1v) is 13.2. The van der Waals surface area contributed by atoms with Crippen molar-refractivity contribution in [1.82, 2.24) is 15.3 Å². The maximum Gasteiger partial charge on any atom is 0.224 e. The van der Waals surface area contributed by atoms with Crippen LogP contribution >= 0.6 is 11.8 Å². The van der Waals surface area contributed by atoms with E-state index in [4.69, 9.17) is 16.1 Å². The van der Waals surface area contributed by atoms with E-state index in [-0.39, 0.29) is 11.4 Å². The molecule has 1 aliphatic rings. The topological polar surface area (TPSA) is 132 Å². The number of carbonyl (C=O) groups excluding carboxylic acids is 1. The number of aliphatic imine (C=N–C) groups is 1. The fourth-order valence-corrected chi connectivity index (χ4v) is 4.71. The van der Waals surface area contributed by atoms with Crippen LogP contribution in [0.1, 0.15) is 60.3 Å². The van der Waals surface area contributed by atoms with Gasteiger partial charge in [0.05, 0.1) is 0 Å². The second kappa shape index (κ2) is 12.3. The van der Waals surface area contributed by atoms with Gasteiger partial charge in [-0.25, -0.2) is 15.0 Å². The zero-order chi connectivity index (χ0) is 26.3. The van der Waals surface area contributed by atoms with Crippen LogP contribution in [0.3, 0.4) is 0 Å². The second-order valence-electron chi connectivity index (χ2n) is 10.1. The Hall–Kier alpha value is -2.98. The van der Waals surface area contributed by atoms with E-state index in [1.807, 2.05) is 37.3 Å². The zero-order valence-electron chi connectivity index (χ0n) is 21.9. The summed E-state index contributed by atoms with van der Waals surface area (Å²) in [6, 6.07) is 9.97. The summed E-state index contributed by atoms with van der Waals surface area (Å²) < 4.78 is 0. The summed E-state index contributed by atoms with van der Waals surface area (Å²) in [4.78, 5) is 28.8. The van der Waals surface area contributed by atoms with Crippen molar-refractivity contribution >= 4 is 46.5 Å². The lowest BCUT2D eigenvalue weighted by Gasteiger charge is -2.36. The van der Waals surface area contributed by atoms with E-state index < -0.39 is 0 Å². The zero-order valence-corrected chi connectivity index (χ0v) is 22.7. The van der Waals surface area contributed by atoms with Gasteiger partial charge in [-0.3, -0.25) is 4.79 Å². The highest BCUT2D eigenvalue weighted by Crippen LogP contribution is 2.31. The van der Waals surface area contributed by atoms with Crippen LogP contribution in [0.15, 0.2) is 45.4 Å². The van der Waals surface area contributed by atoms with E-state index in [0.717, 1.165) is 42.3 Å². The fraction of sp³-hybridized carbons (Fsp3) is 0.500. The number of amidine groups is 1. The van der Waals surface area contributed by atoms with Gasteiger partial charge in [-0.2, -0.15) is 0 Å². The lowest BCUT2D eigenvalue weighted by atomic mass is 10.00. The number of benzene rings is 1. The predicted octanol–water partition coefficient (Wildman–Crippen LogP) is 4.75. The van der Waals surface area contributed by atoms with Crippen LogP contribution < -0.4 is 21.3 Å². The second-order valence-corrected chi connectivity index (χ2v) is 11.2. The summed E-state index contributed by atoms with van der Waals surface area (Å²) >= 11 is 1.44. The van der Waals surface area contributed by atoms with Gasteiger partial charge < -0.3 is 26.7 Å². The fourth-order valence-electron chi connectivity index (χ4n) is 3.95. The van der Waals surface area contributed by atoms with Crippen molar-refractivity contribution in [2.45, 2.75) is 81.9 Å². The minimum atomic E-state index is -0.0202. The molecule has 9 nitrogen and oxygen atoms in total. The Morgan fingerprint density at radius 1 is 1.22 bits per heavy atom. The van der Waals surface area contributed by atoms with Crippen molar-refractivity contribution in [3.05, 3.63) is 30.3 Å². The molecule has 194 valence electrons. The molecule has 36 heavy (non-hydrogen) atoms. The molecule has 0 atom stereocenters. The maximum absolute atomic E-state index is 11.6. The Labute approximate surface area is 218 Å². The summed E-state index contributed by atoms with van der Waals surface area (Å²) in [7, 11) is 0. The molecule has 10 heteroatoms. The van der Waals surface area contributed by atoms with E-state index in [1.54, 1.807) is 6.92 Å². The first-order chi connectivity index (χ1) is 17.0. The SMILES string of the molecule is CCC(=O)Nc1ccc(Sc2nc(N=C(N)CC(C)=N)cc(N3CCC(NC(C)(C)C)CC3)n2)cc1. The third kappa shape index (κ3) is 8.91. The van der Waals surface area contributed by atoms with Gasteiger partial charge >= 0.3 is 0 Å². The number of amides is 1. The molecule has 3 rings (SSSR count). The molecule has 0 saturated carbocycles. The number of piperidine rings is 1. The minimum Gasteiger partial charge on any atom is -0.387 e. The first kappa shape index (κ1) is 27.6. The normalized spacial score (nSPS) is 15.1. The lowest BCUT2D eigenvalue weighted by Crippen LogP contribution is -2.49. The summed E-state index contributed by atoms with van der Waals surface area (Å²) in [5, 5.41) is 14.8. The van der Waals surface area contributed by atoms with Gasteiger partial charge in [0.15, 0.2) is 11.0 Å². The Morgan fingerprint density at radius 2 is 1.89 bits per heavy atom. The molecule has 5 N–H and O–H groups in total. The molecular weight excluding hydrogens is 472 g/mol. The number of carbonyl (C=O) groups is 1. The Balaban J connectivity index is 1.81. The lowest BCUT2D eigenvalue weighted by molar-refractivity contribution is -0.115. The standard InChI is InChI=1S/C26H38N8OS/c1-6-24(35)29-18-7-9-20(10-8-18)36-25-31-22(30-21(28)15-17(2)27)16-23(32-25)34-13-11-19(12-14-34)33-26(3,4)5/h7-10,16,19,27,33H,6,11-15H2,1-5H3,(H,29,35)(H2,28,30,31,32). The number of hydrogen-bond donors (Lipinski definition) is 4. The van der Waals surface area contributed by atoms with Crippen LogP contribution in [-0.4, -0.2) is 52.1 Å². The van der Waals surface area contributed by atoms with Crippen molar-refractivity contribution in [2.24, 2.45) is 10.7 Å². The van der Waals surface area contributed by atoms with Crippen molar-refractivity contribution in [3.63, 3.8) is 0 Å². The highest BCUT2D eigenvalue weighted by Gasteiger charge is 2.24. The Bertz CT molecular complexity index is 1090. The molecule has 1 fully saturated rings. The van der Waals surface area contributed by atoms with Crippen LogP contribution in [0.2, 0.25) is 0 Å². The summed E-state index contributed by atoms with van der Waals surface area (Å²) in [5.41, 5.74) is 7.36. The minimum absolute atomic E-state index is 0.0202. The molecule has 0 radical (unpaired) electrons.